The van der Waals surface area contributed by atoms with Crippen LogP contribution in [-0.2, 0) is 13.0 Å². The molecule has 0 atom stereocenters. The van der Waals surface area contributed by atoms with Crippen LogP contribution in [-0.4, -0.2) is 32.6 Å². The van der Waals surface area contributed by atoms with Crippen LogP contribution < -0.4 is 10.6 Å². The number of aromatic nitrogens is 4. The molecule has 2 heterocycles. The lowest BCUT2D eigenvalue weighted by Crippen LogP contribution is -2.24. The summed E-state index contributed by atoms with van der Waals surface area (Å²) in [7, 11) is 0. The Labute approximate surface area is 123 Å². The van der Waals surface area contributed by atoms with Gasteiger partial charge in [-0.25, -0.2) is 9.97 Å². The van der Waals surface area contributed by atoms with E-state index in [0.717, 1.165) is 30.9 Å². The van der Waals surface area contributed by atoms with Gasteiger partial charge in [-0.2, -0.15) is 5.10 Å². The Hall–Kier alpha value is -2.44. The Morgan fingerprint density at radius 2 is 2.19 bits per heavy atom. The van der Waals surface area contributed by atoms with Crippen molar-refractivity contribution in [3.63, 3.8) is 0 Å². The number of aryl methyl sites for hydroxylation is 1. The lowest BCUT2D eigenvalue weighted by Gasteiger charge is -2.09. The van der Waals surface area contributed by atoms with E-state index in [1.165, 1.54) is 6.33 Å². The predicted octanol–water partition coefficient (Wildman–Crippen LogP) is 1.51. The molecule has 0 bridgehead atoms. The van der Waals surface area contributed by atoms with Crippen LogP contribution in [0, 0.1) is 0 Å². The van der Waals surface area contributed by atoms with Gasteiger partial charge in [-0.05, 0) is 25.5 Å². The molecule has 2 aromatic heterocycles. The highest BCUT2D eigenvalue weighted by Gasteiger charge is 2.10. The van der Waals surface area contributed by atoms with Crippen LogP contribution in [0.25, 0.3) is 0 Å². The zero-order valence-electron chi connectivity index (χ0n) is 12.3. The van der Waals surface area contributed by atoms with Crippen molar-refractivity contribution in [2.75, 3.05) is 11.9 Å². The van der Waals surface area contributed by atoms with Gasteiger partial charge in [0.25, 0.3) is 5.91 Å². The second kappa shape index (κ2) is 7.37. The zero-order chi connectivity index (χ0) is 15.1. The fourth-order valence-corrected chi connectivity index (χ4v) is 1.96. The number of carbonyl (C=O) groups excluding carboxylic acids is 1. The van der Waals surface area contributed by atoms with Gasteiger partial charge in [-0.15, -0.1) is 0 Å². The fraction of sp³-hybridized carbons (Fsp3) is 0.429. The van der Waals surface area contributed by atoms with Crippen molar-refractivity contribution in [3.8, 4) is 0 Å². The van der Waals surface area contributed by atoms with Crippen LogP contribution in [0.3, 0.4) is 0 Å². The number of pyridine rings is 1. The highest BCUT2D eigenvalue weighted by Crippen LogP contribution is 2.12. The second-order valence-corrected chi connectivity index (χ2v) is 4.63. The molecule has 0 aliphatic carbocycles. The molecule has 0 saturated carbocycles. The number of amides is 1. The van der Waals surface area contributed by atoms with Crippen molar-refractivity contribution in [2.24, 2.45) is 0 Å². The first-order chi connectivity index (χ1) is 10.2. The molecule has 0 spiro atoms. The van der Waals surface area contributed by atoms with Crippen LogP contribution in [0.15, 0.2) is 18.5 Å². The molecule has 7 nitrogen and oxygen atoms in total. The minimum absolute atomic E-state index is 0.148. The first kappa shape index (κ1) is 15.0. The van der Waals surface area contributed by atoms with Gasteiger partial charge in [0.15, 0.2) is 0 Å². The van der Waals surface area contributed by atoms with E-state index in [9.17, 15) is 4.79 Å². The first-order valence-electron chi connectivity index (χ1n) is 7.10. The first-order valence-corrected chi connectivity index (χ1v) is 7.10. The van der Waals surface area contributed by atoms with E-state index >= 15 is 0 Å². The topological polar surface area (TPSA) is 95.6 Å². The maximum Gasteiger partial charge on any atom is 0.251 e. The molecule has 0 aromatic carbocycles. The molecule has 0 saturated heterocycles. The van der Waals surface area contributed by atoms with E-state index in [1.807, 2.05) is 13.0 Å². The molecular formula is C14H20N6O. The summed E-state index contributed by atoms with van der Waals surface area (Å²) in [6.45, 7) is 5.17. The smallest absolute Gasteiger partial charge is 0.251 e. The van der Waals surface area contributed by atoms with Crippen molar-refractivity contribution in [2.45, 2.75) is 33.2 Å². The minimum Gasteiger partial charge on any atom is -0.370 e. The lowest BCUT2D eigenvalue weighted by atomic mass is 10.1. The van der Waals surface area contributed by atoms with E-state index in [0.29, 0.717) is 17.9 Å². The monoisotopic (exact) mass is 288 g/mol. The summed E-state index contributed by atoms with van der Waals surface area (Å²) < 4.78 is 0. The van der Waals surface area contributed by atoms with Crippen molar-refractivity contribution in [3.05, 3.63) is 35.5 Å². The van der Waals surface area contributed by atoms with Gasteiger partial charge in [0.05, 0.1) is 6.54 Å². The van der Waals surface area contributed by atoms with E-state index < -0.39 is 0 Å². The number of hydrogen-bond donors (Lipinski definition) is 3. The number of nitrogens with one attached hydrogen (secondary N) is 3. The van der Waals surface area contributed by atoms with Crippen LogP contribution in [0.1, 0.15) is 42.1 Å². The van der Waals surface area contributed by atoms with Gasteiger partial charge >= 0.3 is 0 Å². The van der Waals surface area contributed by atoms with E-state index in [1.54, 1.807) is 6.07 Å². The number of H-pyrrole nitrogens is 1. The Morgan fingerprint density at radius 1 is 1.33 bits per heavy atom. The summed E-state index contributed by atoms with van der Waals surface area (Å²) in [5.41, 5.74) is 1.52. The molecule has 0 fully saturated rings. The summed E-state index contributed by atoms with van der Waals surface area (Å²) in [5.74, 6) is 1.21. The van der Waals surface area contributed by atoms with Gasteiger partial charge < -0.3 is 10.6 Å². The van der Waals surface area contributed by atoms with Crippen LogP contribution >= 0.6 is 0 Å². The predicted molar refractivity (Wildman–Crippen MR) is 79.9 cm³/mol. The summed E-state index contributed by atoms with van der Waals surface area (Å²) in [6.07, 6.45) is 3.25. The van der Waals surface area contributed by atoms with Gasteiger partial charge in [-0.1, -0.05) is 13.3 Å². The Kier molecular flexibility index (Phi) is 5.25. The largest absolute Gasteiger partial charge is 0.370 e. The molecule has 21 heavy (non-hydrogen) atoms. The maximum atomic E-state index is 12.2. The molecule has 2 rings (SSSR count). The van der Waals surface area contributed by atoms with Gasteiger partial charge in [0.2, 0.25) is 0 Å². The Morgan fingerprint density at radius 3 is 2.86 bits per heavy atom. The third-order valence-electron chi connectivity index (χ3n) is 2.89. The third-order valence-corrected chi connectivity index (χ3v) is 2.89. The second-order valence-electron chi connectivity index (χ2n) is 4.63. The highest BCUT2D eigenvalue weighted by molar-refractivity contribution is 5.94. The molecule has 3 N–H and O–H groups in total. The molecule has 0 aliphatic rings. The molecule has 0 unspecified atom stereocenters. The number of aromatic amines is 1. The van der Waals surface area contributed by atoms with Crippen LogP contribution in [0.5, 0.6) is 0 Å². The standard InChI is InChI=1S/C14H20N6O/c1-3-5-11-6-10(7-12(19-11)15-4-2)14(21)16-8-13-17-9-18-20-13/h6-7,9H,3-5,8H2,1-2H3,(H,15,19)(H,16,21)(H,17,18,20). The number of rotatable bonds is 7. The molecular weight excluding hydrogens is 268 g/mol. The Bertz CT molecular complexity index is 557. The number of nitrogens with zero attached hydrogens (tertiary/aromatic N) is 3. The molecule has 0 aliphatic heterocycles. The average molecular weight is 288 g/mol. The van der Waals surface area contributed by atoms with Crippen molar-refractivity contribution >= 4 is 11.7 Å². The van der Waals surface area contributed by atoms with Crippen molar-refractivity contribution < 1.29 is 4.79 Å². The summed E-state index contributed by atoms with van der Waals surface area (Å²) in [6, 6.07) is 3.60. The fourth-order valence-electron chi connectivity index (χ4n) is 1.96. The SMILES string of the molecule is CCCc1cc(C(=O)NCc2ncn[nH]2)cc(NCC)n1. The molecule has 2 aromatic rings. The van der Waals surface area contributed by atoms with Crippen LogP contribution in [0.2, 0.25) is 0 Å². The molecule has 7 heteroatoms. The summed E-state index contributed by atoms with van der Waals surface area (Å²) >= 11 is 0. The highest BCUT2D eigenvalue weighted by atomic mass is 16.1. The molecule has 112 valence electrons. The van der Waals surface area contributed by atoms with E-state index in [2.05, 4.69) is 37.7 Å². The number of anilines is 1. The minimum atomic E-state index is -0.148. The van der Waals surface area contributed by atoms with E-state index in [4.69, 9.17) is 0 Å². The molecule has 0 radical (unpaired) electrons. The summed E-state index contributed by atoms with van der Waals surface area (Å²) in [5, 5.41) is 12.4. The normalized spacial score (nSPS) is 10.4. The Balaban J connectivity index is 2.10. The van der Waals surface area contributed by atoms with Gasteiger partial charge in [0.1, 0.15) is 18.0 Å². The number of hydrogen-bond acceptors (Lipinski definition) is 5. The van der Waals surface area contributed by atoms with Crippen molar-refractivity contribution in [1.29, 1.82) is 0 Å². The third kappa shape index (κ3) is 4.27. The van der Waals surface area contributed by atoms with Crippen LogP contribution in [0.4, 0.5) is 5.82 Å². The molecule has 1 amide bonds. The quantitative estimate of drug-likeness (QED) is 0.718. The van der Waals surface area contributed by atoms with E-state index in [-0.39, 0.29) is 5.91 Å². The summed E-state index contributed by atoms with van der Waals surface area (Å²) in [4.78, 5) is 20.7. The zero-order valence-corrected chi connectivity index (χ0v) is 12.3. The van der Waals surface area contributed by atoms with Gasteiger partial charge in [-0.3, -0.25) is 9.89 Å². The average Bonchev–Trinajstić information content (AvgIpc) is 2.98. The maximum absolute atomic E-state index is 12.2. The van der Waals surface area contributed by atoms with Crippen molar-refractivity contribution in [1.82, 2.24) is 25.5 Å². The lowest BCUT2D eigenvalue weighted by molar-refractivity contribution is 0.0949. The number of carbonyl (C=O) groups is 1. The van der Waals surface area contributed by atoms with Gasteiger partial charge in [0, 0.05) is 17.8 Å².